The Labute approximate surface area is 74.5 Å². The highest BCUT2D eigenvalue weighted by Crippen LogP contribution is 2.34. The van der Waals surface area contributed by atoms with E-state index >= 15 is 0 Å². The van der Waals surface area contributed by atoms with E-state index in [2.05, 4.69) is 0 Å². The first-order valence-corrected chi connectivity index (χ1v) is 5.39. The SMILES string of the molecule is O=C(CCC1CCCC1)C1CC1. The van der Waals surface area contributed by atoms with Gasteiger partial charge in [-0.15, -0.1) is 0 Å². The molecule has 2 saturated carbocycles. The van der Waals surface area contributed by atoms with E-state index in [1.807, 2.05) is 0 Å². The molecule has 0 spiro atoms. The molecule has 2 rings (SSSR count). The second-order valence-electron chi connectivity index (χ2n) is 4.43. The van der Waals surface area contributed by atoms with Gasteiger partial charge in [0.15, 0.2) is 0 Å². The van der Waals surface area contributed by atoms with Crippen LogP contribution in [0.1, 0.15) is 51.4 Å². The molecule has 2 aliphatic carbocycles. The van der Waals surface area contributed by atoms with Gasteiger partial charge >= 0.3 is 0 Å². The molecule has 2 fully saturated rings. The van der Waals surface area contributed by atoms with Gasteiger partial charge < -0.3 is 0 Å². The lowest BCUT2D eigenvalue weighted by Gasteiger charge is -2.06. The van der Waals surface area contributed by atoms with Crippen LogP contribution in [-0.2, 0) is 4.79 Å². The summed E-state index contributed by atoms with van der Waals surface area (Å²) in [5.41, 5.74) is 0. The zero-order chi connectivity index (χ0) is 8.39. The fourth-order valence-electron chi connectivity index (χ4n) is 2.25. The molecule has 0 aliphatic heterocycles. The van der Waals surface area contributed by atoms with E-state index in [-0.39, 0.29) is 0 Å². The molecular formula is C11H18O. The molecule has 0 aromatic carbocycles. The first-order chi connectivity index (χ1) is 5.86. The summed E-state index contributed by atoms with van der Waals surface area (Å²) in [6, 6.07) is 0. The third-order valence-corrected chi connectivity index (χ3v) is 3.31. The molecule has 1 heteroatoms. The first kappa shape index (κ1) is 8.28. The molecule has 0 radical (unpaired) electrons. The van der Waals surface area contributed by atoms with Gasteiger partial charge in [0.1, 0.15) is 5.78 Å². The van der Waals surface area contributed by atoms with E-state index in [0.29, 0.717) is 11.7 Å². The summed E-state index contributed by atoms with van der Waals surface area (Å²) in [6.07, 6.45) is 10.0. The Bertz CT molecular complexity index is 164. The Morgan fingerprint density at radius 2 is 1.75 bits per heavy atom. The normalized spacial score (nSPS) is 24.7. The smallest absolute Gasteiger partial charge is 0.135 e. The van der Waals surface area contributed by atoms with Crippen molar-refractivity contribution in [1.82, 2.24) is 0 Å². The van der Waals surface area contributed by atoms with E-state index in [4.69, 9.17) is 0 Å². The van der Waals surface area contributed by atoms with Crippen LogP contribution in [-0.4, -0.2) is 5.78 Å². The minimum atomic E-state index is 0.492. The van der Waals surface area contributed by atoms with Crippen LogP contribution in [0, 0.1) is 11.8 Å². The predicted octanol–water partition coefficient (Wildman–Crippen LogP) is 2.94. The summed E-state index contributed by atoms with van der Waals surface area (Å²) in [7, 11) is 0. The van der Waals surface area contributed by atoms with Crippen molar-refractivity contribution < 1.29 is 4.79 Å². The van der Waals surface area contributed by atoms with Gasteiger partial charge in [-0.2, -0.15) is 0 Å². The third-order valence-electron chi connectivity index (χ3n) is 3.31. The molecule has 2 aliphatic rings. The summed E-state index contributed by atoms with van der Waals surface area (Å²) >= 11 is 0. The Morgan fingerprint density at radius 1 is 1.08 bits per heavy atom. The third kappa shape index (κ3) is 2.09. The van der Waals surface area contributed by atoms with Gasteiger partial charge in [-0.25, -0.2) is 0 Å². The number of Topliss-reactive ketones (excluding diaryl/α,β-unsaturated/α-hetero) is 1. The highest BCUT2D eigenvalue weighted by Gasteiger charge is 2.29. The van der Waals surface area contributed by atoms with Crippen molar-refractivity contribution in [3.05, 3.63) is 0 Å². The lowest BCUT2D eigenvalue weighted by atomic mass is 9.99. The molecule has 0 bridgehead atoms. The number of carbonyl (C=O) groups excluding carboxylic acids is 1. The van der Waals surface area contributed by atoms with Crippen molar-refractivity contribution in [3.63, 3.8) is 0 Å². The Hall–Kier alpha value is -0.330. The number of rotatable bonds is 4. The maximum absolute atomic E-state index is 11.4. The molecular weight excluding hydrogens is 148 g/mol. The molecule has 0 N–H and O–H groups in total. The highest BCUT2D eigenvalue weighted by atomic mass is 16.1. The summed E-state index contributed by atoms with van der Waals surface area (Å²) in [5.74, 6) is 1.95. The van der Waals surface area contributed by atoms with E-state index in [0.717, 1.165) is 12.3 Å². The fourth-order valence-corrected chi connectivity index (χ4v) is 2.25. The van der Waals surface area contributed by atoms with Crippen LogP contribution in [0.2, 0.25) is 0 Å². The molecule has 0 amide bonds. The van der Waals surface area contributed by atoms with Gasteiger partial charge in [0.05, 0.1) is 0 Å². The second kappa shape index (κ2) is 3.59. The number of hydrogen-bond acceptors (Lipinski definition) is 1. The predicted molar refractivity (Wildman–Crippen MR) is 48.9 cm³/mol. The topological polar surface area (TPSA) is 17.1 Å². The first-order valence-electron chi connectivity index (χ1n) is 5.39. The van der Waals surface area contributed by atoms with E-state index in [1.54, 1.807) is 0 Å². The van der Waals surface area contributed by atoms with Crippen LogP contribution in [0.15, 0.2) is 0 Å². The number of hydrogen-bond donors (Lipinski definition) is 0. The van der Waals surface area contributed by atoms with Gasteiger partial charge in [0.25, 0.3) is 0 Å². The van der Waals surface area contributed by atoms with Crippen LogP contribution in [0.25, 0.3) is 0 Å². The average Bonchev–Trinajstić information content (AvgIpc) is 2.80. The van der Waals surface area contributed by atoms with E-state index in [1.165, 1.54) is 44.9 Å². The van der Waals surface area contributed by atoms with Gasteiger partial charge in [-0.05, 0) is 25.2 Å². The van der Waals surface area contributed by atoms with Gasteiger partial charge in [-0.1, -0.05) is 25.7 Å². The fraction of sp³-hybridized carbons (Fsp3) is 0.909. The van der Waals surface area contributed by atoms with Gasteiger partial charge in [0, 0.05) is 12.3 Å². The summed E-state index contributed by atoms with van der Waals surface area (Å²) in [5, 5.41) is 0. The largest absolute Gasteiger partial charge is 0.299 e. The molecule has 0 heterocycles. The van der Waals surface area contributed by atoms with Crippen molar-refractivity contribution in [1.29, 1.82) is 0 Å². The van der Waals surface area contributed by atoms with E-state index in [9.17, 15) is 4.79 Å². The van der Waals surface area contributed by atoms with Crippen molar-refractivity contribution in [3.8, 4) is 0 Å². The average molecular weight is 166 g/mol. The zero-order valence-electron chi connectivity index (χ0n) is 7.72. The monoisotopic (exact) mass is 166 g/mol. The lowest BCUT2D eigenvalue weighted by Crippen LogP contribution is -2.03. The number of carbonyl (C=O) groups is 1. The van der Waals surface area contributed by atoms with Crippen molar-refractivity contribution in [2.75, 3.05) is 0 Å². The van der Waals surface area contributed by atoms with Crippen LogP contribution in [0.4, 0.5) is 0 Å². The highest BCUT2D eigenvalue weighted by molar-refractivity contribution is 5.83. The molecule has 12 heavy (non-hydrogen) atoms. The summed E-state index contributed by atoms with van der Waals surface area (Å²) < 4.78 is 0. The van der Waals surface area contributed by atoms with Crippen molar-refractivity contribution in [2.24, 2.45) is 11.8 Å². The molecule has 0 aromatic rings. The summed E-state index contributed by atoms with van der Waals surface area (Å²) in [6.45, 7) is 0. The number of ketones is 1. The quantitative estimate of drug-likeness (QED) is 0.627. The Balaban J connectivity index is 1.63. The standard InChI is InChI=1S/C11H18O/c12-11(10-6-7-10)8-5-9-3-1-2-4-9/h9-10H,1-8H2. The minimum absolute atomic E-state index is 0.492. The van der Waals surface area contributed by atoms with E-state index < -0.39 is 0 Å². The van der Waals surface area contributed by atoms with Gasteiger partial charge in [-0.3, -0.25) is 4.79 Å². The maximum Gasteiger partial charge on any atom is 0.135 e. The van der Waals surface area contributed by atoms with Crippen LogP contribution >= 0.6 is 0 Å². The van der Waals surface area contributed by atoms with Gasteiger partial charge in [0.2, 0.25) is 0 Å². The zero-order valence-corrected chi connectivity index (χ0v) is 7.72. The summed E-state index contributed by atoms with van der Waals surface area (Å²) in [4.78, 5) is 11.4. The molecule has 0 saturated heterocycles. The van der Waals surface area contributed by atoms with Crippen molar-refractivity contribution in [2.45, 2.75) is 51.4 Å². The molecule has 0 atom stereocenters. The van der Waals surface area contributed by atoms with Crippen LogP contribution in [0.3, 0.4) is 0 Å². The van der Waals surface area contributed by atoms with Crippen LogP contribution in [0.5, 0.6) is 0 Å². The second-order valence-corrected chi connectivity index (χ2v) is 4.43. The minimum Gasteiger partial charge on any atom is -0.299 e. The molecule has 0 unspecified atom stereocenters. The van der Waals surface area contributed by atoms with Crippen molar-refractivity contribution >= 4 is 5.78 Å². The maximum atomic E-state index is 11.4. The Morgan fingerprint density at radius 3 is 2.33 bits per heavy atom. The molecule has 0 aromatic heterocycles. The lowest BCUT2D eigenvalue weighted by molar-refractivity contribution is -0.120. The Kier molecular flexibility index (Phi) is 2.48. The molecule has 1 nitrogen and oxygen atoms in total. The molecule has 68 valence electrons. The van der Waals surface area contributed by atoms with Crippen LogP contribution < -0.4 is 0 Å².